The van der Waals surface area contributed by atoms with Gasteiger partial charge in [-0.05, 0) is 51.7 Å². The molecular formula is C40H26NOP. The van der Waals surface area contributed by atoms with E-state index in [-0.39, 0.29) is 0 Å². The van der Waals surface area contributed by atoms with Crippen LogP contribution in [0.15, 0.2) is 158 Å². The Bertz CT molecular complexity index is 2420. The molecule has 0 amide bonds. The summed E-state index contributed by atoms with van der Waals surface area (Å²) < 4.78 is 18.2. The molecular weight excluding hydrogens is 541 g/mol. The van der Waals surface area contributed by atoms with Crippen molar-refractivity contribution in [1.29, 1.82) is 0 Å². The van der Waals surface area contributed by atoms with Crippen LogP contribution in [0.2, 0.25) is 0 Å². The van der Waals surface area contributed by atoms with Gasteiger partial charge >= 0.3 is 0 Å². The zero-order valence-corrected chi connectivity index (χ0v) is 24.2. The molecule has 0 N–H and O–H groups in total. The van der Waals surface area contributed by atoms with Gasteiger partial charge in [0.25, 0.3) is 0 Å². The van der Waals surface area contributed by atoms with E-state index in [1.807, 2.05) is 30.3 Å². The third-order valence-corrected chi connectivity index (χ3v) is 12.2. The van der Waals surface area contributed by atoms with Crippen molar-refractivity contribution in [3.63, 3.8) is 0 Å². The highest BCUT2D eigenvalue weighted by atomic mass is 31.2. The Morgan fingerprint density at radius 3 is 1.98 bits per heavy atom. The number of para-hydroxylation sites is 2. The first-order chi connectivity index (χ1) is 21.2. The summed E-state index contributed by atoms with van der Waals surface area (Å²) in [6.45, 7) is 0. The van der Waals surface area contributed by atoms with Crippen LogP contribution in [-0.4, -0.2) is 4.57 Å². The van der Waals surface area contributed by atoms with Crippen molar-refractivity contribution in [1.82, 2.24) is 4.57 Å². The number of fused-ring (bicyclic) bond motifs is 8. The second-order valence-electron chi connectivity index (χ2n) is 11.2. The lowest BCUT2D eigenvalue weighted by Crippen LogP contribution is -2.21. The lowest BCUT2D eigenvalue weighted by molar-refractivity contribution is 0.593. The van der Waals surface area contributed by atoms with Crippen LogP contribution < -0.4 is 15.9 Å². The van der Waals surface area contributed by atoms with Gasteiger partial charge in [0, 0.05) is 32.2 Å². The van der Waals surface area contributed by atoms with Gasteiger partial charge in [-0.25, -0.2) is 0 Å². The SMILES string of the molecule is O=P1(c2ccccc2)c2cc3c(cc2-c2ccc4ccccc4c21)c1ccccc1n3-c1ccccc1-c1ccccc1. The number of nitrogens with zero attached hydrogens (tertiary/aromatic N) is 1. The average Bonchev–Trinajstić information content (AvgIpc) is 3.54. The standard InChI is InChI=1S/C40H26NOP/c42-43(29-16-5-2-6-17-29)39-26-38-34(25-35(39)33-24-23-28-15-7-8-19-31(28)40(33)43)32-20-10-12-22-37(32)41(38)36-21-11-9-18-30(36)27-13-3-1-4-14-27/h1-26H. The number of hydrogen-bond acceptors (Lipinski definition) is 1. The van der Waals surface area contributed by atoms with E-state index in [1.54, 1.807) is 0 Å². The molecule has 2 nitrogen and oxygen atoms in total. The fourth-order valence-corrected chi connectivity index (χ4v) is 10.4. The van der Waals surface area contributed by atoms with Gasteiger partial charge in [-0.3, -0.25) is 0 Å². The highest BCUT2D eigenvalue weighted by Gasteiger charge is 2.42. The molecule has 1 aliphatic heterocycles. The minimum absolute atomic E-state index is 0.873. The van der Waals surface area contributed by atoms with Crippen molar-refractivity contribution in [2.75, 3.05) is 0 Å². The normalized spacial score (nSPS) is 15.6. The third-order valence-electron chi connectivity index (χ3n) is 8.98. The number of rotatable bonds is 3. The first-order valence-corrected chi connectivity index (χ1v) is 16.3. The van der Waals surface area contributed by atoms with E-state index in [2.05, 4.69) is 132 Å². The maximum Gasteiger partial charge on any atom is 0.172 e. The van der Waals surface area contributed by atoms with Crippen LogP contribution in [0.5, 0.6) is 0 Å². The van der Waals surface area contributed by atoms with E-state index >= 15 is 4.57 Å². The average molecular weight is 568 g/mol. The van der Waals surface area contributed by atoms with Crippen LogP contribution in [0.1, 0.15) is 0 Å². The molecule has 0 fully saturated rings. The Morgan fingerprint density at radius 2 is 1.14 bits per heavy atom. The molecule has 1 unspecified atom stereocenters. The van der Waals surface area contributed by atoms with E-state index in [9.17, 15) is 0 Å². The monoisotopic (exact) mass is 567 g/mol. The molecule has 0 saturated heterocycles. The second-order valence-corrected chi connectivity index (χ2v) is 13.9. The molecule has 3 heteroatoms. The molecule has 0 aliphatic carbocycles. The van der Waals surface area contributed by atoms with Crippen molar-refractivity contribution in [2.45, 2.75) is 0 Å². The van der Waals surface area contributed by atoms with Gasteiger partial charge in [-0.2, -0.15) is 0 Å². The molecule has 0 spiro atoms. The molecule has 0 saturated carbocycles. The Balaban J connectivity index is 1.43. The molecule has 0 bridgehead atoms. The quantitative estimate of drug-likeness (QED) is 0.195. The second kappa shape index (κ2) is 9.16. The molecule has 0 radical (unpaired) electrons. The predicted molar refractivity (Wildman–Crippen MR) is 182 cm³/mol. The molecule has 7 aromatic carbocycles. The summed E-state index contributed by atoms with van der Waals surface area (Å²) in [5.41, 5.74) is 7.78. The largest absolute Gasteiger partial charge is 0.309 e. The van der Waals surface area contributed by atoms with Gasteiger partial charge in [0.1, 0.15) is 0 Å². The number of benzene rings is 7. The van der Waals surface area contributed by atoms with Crippen LogP contribution >= 0.6 is 7.14 Å². The van der Waals surface area contributed by atoms with Crippen LogP contribution in [0.4, 0.5) is 0 Å². The van der Waals surface area contributed by atoms with Crippen molar-refractivity contribution in [3.8, 4) is 27.9 Å². The van der Waals surface area contributed by atoms with E-state index in [1.165, 1.54) is 10.9 Å². The van der Waals surface area contributed by atoms with Gasteiger partial charge in [0.15, 0.2) is 7.14 Å². The van der Waals surface area contributed by atoms with E-state index in [0.29, 0.717) is 0 Å². The van der Waals surface area contributed by atoms with Gasteiger partial charge in [0.05, 0.1) is 16.7 Å². The van der Waals surface area contributed by atoms with Crippen molar-refractivity contribution >= 4 is 55.6 Å². The first kappa shape index (κ1) is 24.4. The molecule has 202 valence electrons. The maximum atomic E-state index is 15.9. The van der Waals surface area contributed by atoms with Gasteiger partial charge in [0.2, 0.25) is 0 Å². The van der Waals surface area contributed by atoms with Crippen molar-refractivity contribution in [2.24, 2.45) is 0 Å². The number of aromatic nitrogens is 1. The lowest BCUT2D eigenvalue weighted by atomic mass is 9.99. The third kappa shape index (κ3) is 3.39. The first-order valence-electron chi connectivity index (χ1n) is 14.6. The molecule has 1 aromatic heterocycles. The summed E-state index contributed by atoms with van der Waals surface area (Å²) >= 11 is 0. The van der Waals surface area contributed by atoms with Crippen molar-refractivity contribution in [3.05, 3.63) is 158 Å². The Morgan fingerprint density at radius 1 is 0.465 bits per heavy atom. The molecule has 1 aliphatic rings. The van der Waals surface area contributed by atoms with Crippen LogP contribution in [-0.2, 0) is 4.57 Å². The minimum Gasteiger partial charge on any atom is -0.309 e. The molecule has 43 heavy (non-hydrogen) atoms. The van der Waals surface area contributed by atoms with Crippen LogP contribution in [0.25, 0.3) is 60.5 Å². The topological polar surface area (TPSA) is 22.0 Å². The van der Waals surface area contributed by atoms with Crippen LogP contribution in [0.3, 0.4) is 0 Å². The predicted octanol–water partition coefficient (Wildman–Crippen LogP) is 9.22. The number of hydrogen-bond donors (Lipinski definition) is 0. The van der Waals surface area contributed by atoms with E-state index in [4.69, 9.17) is 0 Å². The Labute approximate surface area is 249 Å². The van der Waals surface area contributed by atoms with E-state index < -0.39 is 7.14 Å². The molecule has 2 heterocycles. The van der Waals surface area contributed by atoms with E-state index in [0.717, 1.165) is 65.5 Å². The minimum atomic E-state index is -3.19. The fraction of sp³-hybridized carbons (Fsp3) is 0. The summed E-state index contributed by atoms with van der Waals surface area (Å²) in [6.07, 6.45) is 0. The summed E-state index contributed by atoms with van der Waals surface area (Å²) in [7, 11) is -3.19. The van der Waals surface area contributed by atoms with Crippen molar-refractivity contribution < 1.29 is 4.57 Å². The fourth-order valence-electron chi connectivity index (χ4n) is 7.11. The smallest absolute Gasteiger partial charge is 0.172 e. The molecule has 9 rings (SSSR count). The summed E-state index contributed by atoms with van der Waals surface area (Å²) in [6, 6.07) is 55.1. The zero-order chi connectivity index (χ0) is 28.5. The molecule has 8 aromatic rings. The zero-order valence-electron chi connectivity index (χ0n) is 23.3. The maximum absolute atomic E-state index is 15.9. The Kier molecular flexibility index (Phi) is 5.21. The van der Waals surface area contributed by atoms with Gasteiger partial charge < -0.3 is 9.13 Å². The summed E-state index contributed by atoms with van der Waals surface area (Å²) in [4.78, 5) is 0. The Hall–Kier alpha value is -5.17. The van der Waals surface area contributed by atoms with Crippen LogP contribution in [0, 0.1) is 0 Å². The van der Waals surface area contributed by atoms with Gasteiger partial charge in [-0.1, -0.05) is 133 Å². The van der Waals surface area contributed by atoms with Gasteiger partial charge in [-0.15, -0.1) is 0 Å². The highest BCUT2D eigenvalue weighted by Crippen LogP contribution is 2.55. The lowest BCUT2D eigenvalue weighted by Gasteiger charge is -2.18. The molecule has 1 atom stereocenters. The summed E-state index contributed by atoms with van der Waals surface area (Å²) in [5, 5.41) is 7.28. The summed E-state index contributed by atoms with van der Waals surface area (Å²) in [5.74, 6) is 0. The highest BCUT2D eigenvalue weighted by molar-refractivity contribution is 7.86.